The topological polar surface area (TPSA) is 62.2 Å². The van der Waals surface area contributed by atoms with E-state index >= 15 is 0 Å². The van der Waals surface area contributed by atoms with Gasteiger partial charge in [-0.1, -0.05) is 23.7 Å². The van der Waals surface area contributed by atoms with Gasteiger partial charge < -0.3 is 8.83 Å². The van der Waals surface area contributed by atoms with Crippen molar-refractivity contribution in [2.75, 3.05) is 13.6 Å². The van der Waals surface area contributed by atoms with Crippen LogP contribution in [0.3, 0.4) is 0 Å². The Balaban J connectivity index is 1.53. The zero-order valence-electron chi connectivity index (χ0n) is 15.4. The number of carbonyl (C=O) groups is 1. The summed E-state index contributed by atoms with van der Waals surface area (Å²) in [6.07, 6.45) is 3.82. The number of rotatable bonds is 6. The smallest absolute Gasteiger partial charge is 0.257 e. The molecule has 0 saturated carbocycles. The van der Waals surface area contributed by atoms with Gasteiger partial charge in [0.25, 0.3) is 5.91 Å². The van der Waals surface area contributed by atoms with Gasteiger partial charge in [0.2, 0.25) is 0 Å². The van der Waals surface area contributed by atoms with Gasteiger partial charge in [-0.15, -0.1) is 0 Å². The summed E-state index contributed by atoms with van der Waals surface area (Å²) in [7, 11) is 1.88. The first-order valence-corrected chi connectivity index (χ1v) is 9.38. The number of hydrazone groups is 1. The molecule has 1 aliphatic rings. The minimum absolute atomic E-state index is 0.0978. The lowest BCUT2D eigenvalue weighted by Gasteiger charge is -2.22. The fourth-order valence-electron chi connectivity index (χ4n) is 3.29. The molecule has 3 aromatic rings. The van der Waals surface area contributed by atoms with Crippen LogP contribution in [0.1, 0.15) is 29.5 Å². The molecule has 1 unspecified atom stereocenters. The van der Waals surface area contributed by atoms with Gasteiger partial charge in [-0.05, 0) is 49.0 Å². The van der Waals surface area contributed by atoms with Crippen LogP contribution in [0.5, 0.6) is 0 Å². The van der Waals surface area contributed by atoms with Crippen molar-refractivity contribution >= 4 is 23.2 Å². The average molecular weight is 398 g/mol. The summed E-state index contributed by atoms with van der Waals surface area (Å²) in [5, 5.41) is 6.82. The minimum atomic E-state index is -0.259. The molecule has 2 aromatic heterocycles. The van der Waals surface area contributed by atoms with E-state index in [1.54, 1.807) is 12.5 Å². The highest BCUT2D eigenvalue weighted by atomic mass is 35.5. The third kappa shape index (κ3) is 4.03. The van der Waals surface area contributed by atoms with Crippen molar-refractivity contribution in [3.63, 3.8) is 0 Å². The highest BCUT2D eigenvalue weighted by Gasteiger charge is 2.35. The average Bonchev–Trinajstić information content (AvgIpc) is 3.43. The second kappa shape index (κ2) is 8.04. The Bertz CT molecular complexity index is 949. The predicted octanol–water partition coefficient (Wildman–Crippen LogP) is 4.34. The lowest BCUT2D eigenvalue weighted by atomic mass is 10.0. The molecule has 3 heterocycles. The first-order chi connectivity index (χ1) is 13.6. The quantitative estimate of drug-likeness (QED) is 0.620. The van der Waals surface area contributed by atoms with E-state index in [1.807, 2.05) is 60.5 Å². The van der Waals surface area contributed by atoms with Gasteiger partial charge >= 0.3 is 0 Å². The number of nitrogens with zero attached hydrogens (tertiary/aromatic N) is 3. The van der Waals surface area contributed by atoms with Crippen molar-refractivity contribution in [2.45, 2.75) is 19.0 Å². The lowest BCUT2D eigenvalue weighted by molar-refractivity contribution is -0.134. The van der Waals surface area contributed by atoms with E-state index in [-0.39, 0.29) is 18.5 Å². The maximum Gasteiger partial charge on any atom is 0.257 e. The first kappa shape index (κ1) is 18.5. The lowest BCUT2D eigenvalue weighted by Crippen LogP contribution is -2.36. The van der Waals surface area contributed by atoms with Crippen molar-refractivity contribution in [1.82, 2.24) is 9.91 Å². The molecule has 28 heavy (non-hydrogen) atoms. The second-order valence-electron chi connectivity index (χ2n) is 6.78. The van der Waals surface area contributed by atoms with Crippen LogP contribution in [0, 0.1) is 0 Å². The van der Waals surface area contributed by atoms with Gasteiger partial charge in [0.1, 0.15) is 17.6 Å². The molecular weight excluding hydrogens is 378 g/mol. The molecule has 1 atom stereocenters. The summed E-state index contributed by atoms with van der Waals surface area (Å²) >= 11 is 5.99. The van der Waals surface area contributed by atoms with Gasteiger partial charge in [-0.2, -0.15) is 5.10 Å². The van der Waals surface area contributed by atoms with Gasteiger partial charge in [-0.25, -0.2) is 5.01 Å². The molecule has 144 valence electrons. The molecule has 1 aromatic carbocycles. The third-order valence-electron chi connectivity index (χ3n) is 4.63. The van der Waals surface area contributed by atoms with E-state index in [9.17, 15) is 4.79 Å². The Morgan fingerprint density at radius 3 is 2.61 bits per heavy atom. The van der Waals surface area contributed by atoms with E-state index in [1.165, 1.54) is 5.01 Å². The molecule has 0 aliphatic carbocycles. The van der Waals surface area contributed by atoms with Crippen LogP contribution in [0.25, 0.3) is 0 Å². The Labute approximate surface area is 168 Å². The number of benzene rings is 1. The van der Waals surface area contributed by atoms with Crippen LogP contribution in [-0.2, 0) is 11.3 Å². The summed E-state index contributed by atoms with van der Waals surface area (Å²) in [5.74, 6) is 1.43. The Morgan fingerprint density at radius 2 is 1.93 bits per heavy atom. The molecular formula is C21H20ClN3O3. The number of furan rings is 2. The van der Waals surface area contributed by atoms with Gasteiger partial charge in [0.15, 0.2) is 0 Å². The van der Waals surface area contributed by atoms with E-state index < -0.39 is 0 Å². The minimum Gasteiger partial charge on any atom is -0.468 e. The van der Waals surface area contributed by atoms with Crippen molar-refractivity contribution in [3.8, 4) is 0 Å². The Hall–Kier alpha value is -2.83. The number of likely N-dealkylation sites (N-methyl/N-ethyl adjacent to an activating group) is 1. The van der Waals surface area contributed by atoms with Gasteiger partial charge in [0, 0.05) is 11.4 Å². The SMILES string of the molecule is CN(CC(=O)N1N=C(c2ccc(Cl)cc2)CC1c1ccco1)Cc1ccco1. The number of carbonyl (C=O) groups excluding carboxylic acids is 1. The summed E-state index contributed by atoms with van der Waals surface area (Å²) in [6, 6.07) is 14.6. The van der Waals surface area contributed by atoms with E-state index in [0.717, 1.165) is 22.8 Å². The fourth-order valence-corrected chi connectivity index (χ4v) is 3.41. The number of amides is 1. The molecule has 0 radical (unpaired) electrons. The molecule has 0 bridgehead atoms. The van der Waals surface area contributed by atoms with Crippen LogP contribution >= 0.6 is 11.6 Å². The number of hydrogen-bond acceptors (Lipinski definition) is 5. The maximum absolute atomic E-state index is 13.0. The molecule has 4 rings (SSSR count). The zero-order chi connectivity index (χ0) is 19.5. The van der Waals surface area contributed by atoms with Gasteiger partial charge in [-0.3, -0.25) is 9.69 Å². The molecule has 6 nitrogen and oxygen atoms in total. The van der Waals surface area contributed by atoms with Crippen LogP contribution in [-0.4, -0.2) is 35.1 Å². The molecule has 0 spiro atoms. The Morgan fingerprint density at radius 1 is 1.18 bits per heavy atom. The molecule has 0 N–H and O–H groups in total. The normalized spacial score (nSPS) is 16.6. The molecule has 0 saturated heterocycles. The van der Waals surface area contributed by atoms with Crippen molar-refractivity contribution in [1.29, 1.82) is 0 Å². The standard InChI is InChI=1S/C21H20ClN3O3/c1-24(13-17-4-2-10-27-17)14-21(26)25-19(20-5-3-11-28-20)12-18(23-25)15-6-8-16(22)9-7-15/h2-11,19H,12-14H2,1H3. The van der Waals surface area contributed by atoms with Crippen LogP contribution in [0.4, 0.5) is 0 Å². The maximum atomic E-state index is 13.0. The van der Waals surface area contributed by atoms with Crippen LogP contribution in [0.2, 0.25) is 5.02 Å². The fraction of sp³-hybridized carbons (Fsp3) is 0.238. The zero-order valence-corrected chi connectivity index (χ0v) is 16.2. The highest BCUT2D eigenvalue weighted by Crippen LogP contribution is 2.33. The highest BCUT2D eigenvalue weighted by molar-refractivity contribution is 6.30. The van der Waals surface area contributed by atoms with E-state index in [2.05, 4.69) is 5.10 Å². The second-order valence-corrected chi connectivity index (χ2v) is 7.22. The number of hydrogen-bond donors (Lipinski definition) is 0. The Kier molecular flexibility index (Phi) is 5.32. The van der Waals surface area contributed by atoms with Crippen LogP contribution in [0.15, 0.2) is 75.0 Å². The van der Waals surface area contributed by atoms with Crippen molar-refractivity contribution in [3.05, 3.63) is 83.2 Å². The van der Waals surface area contributed by atoms with Crippen molar-refractivity contribution in [2.24, 2.45) is 5.10 Å². The molecule has 1 amide bonds. The van der Waals surface area contributed by atoms with Gasteiger partial charge in [0.05, 0.1) is 31.3 Å². The van der Waals surface area contributed by atoms with Crippen molar-refractivity contribution < 1.29 is 13.6 Å². The van der Waals surface area contributed by atoms with E-state index in [4.69, 9.17) is 20.4 Å². The molecule has 0 fully saturated rings. The third-order valence-corrected chi connectivity index (χ3v) is 4.88. The van der Waals surface area contributed by atoms with E-state index in [0.29, 0.717) is 18.0 Å². The first-order valence-electron chi connectivity index (χ1n) is 9.00. The predicted molar refractivity (Wildman–Crippen MR) is 106 cm³/mol. The van der Waals surface area contributed by atoms with Crippen LogP contribution < -0.4 is 0 Å². The molecule has 1 aliphatic heterocycles. The number of halogens is 1. The summed E-state index contributed by atoms with van der Waals surface area (Å²) in [6.45, 7) is 0.765. The summed E-state index contributed by atoms with van der Waals surface area (Å²) in [5.41, 5.74) is 1.78. The molecule has 7 heteroatoms. The monoisotopic (exact) mass is 397 g/mol. The largest absolute Gasteiger partial charge is 0.468 e. The summed E-state index contributed by atoms with van der Waals surface area (Å²) < 4.78 is 10.9. The summed E-state index contributed by atoms with van der Waals surface area (Å²) in [4.78, 5) is 14.9.